The van der Waals surface area contributed by atoms with Crippen LogP contribution >= 0.6 is 35.0 Å². The summed E-state index contributed by atoms with van der Waals surface area (Å²) >= 11 is 13.5. The molecule has 0 aliphatic rings. The normalized spacial score (nSPS) is 11.3. The number of carbonyl (C=O) groups is 1. The fraction of sp³-hybridized carbons (Fsp3) is 0.167. The molecule has 0 spiro atoms. The van der Waals surface area contributed by atoms with E-state index in [-0.39, 0.29) is 11.7 Å². The summed E-state index contributed by atoms with van der Waals surface area (Å²) in [6, 6.07) is 11.1. The highest BCUT2D eigenvalue weighted by Gasteiger charge is 2.10. The summed E-state index contributed by atoms with van der Waals surface area (Å²) in [4.78, 5) is 16.5. The summed E-state index contributed by atoms with van der Waals surface area (Å²) in [6.07, 6.45) is 1.47. The number of benzene rings is 2. The molecule has 0 saturated carbocycles. The highest BCUT2D eigenvalue weighted by molar-refractivity contribution is 7.99. The van der Waals surface area contributed by atoms with Gasteiger partial charge in [-0.1, -0.05) is 47.1 Å². The highest BCUT2D eigenvalue weighted by Crippen LogP contribution is 2.33. The zero-order valence-electron chi connectivity index (χ0n) is 14.6. The minimum atomic E-state index is -0.242. The lowest BCUT2D eigenvalue weighted by atomic mass is 10.2. The van der Waals surface area contributed by atoms with E-state index in [1.54, 1.807) is 12.1 Å². The van der Waals surface area contributed by atoms with Gasteiger partial charge in [0.1, 0.15) is 0 Å². The van der Waals surface area contributed by atoms with Crippen molar-refractivity contribution < 1.29 is 9.53 Å². The van der Waals surface area contributed by atoms with Gasteiger partial charge in [-0.25, -0.2) is 10.4 Å². The molecule has 0 aliphatic heterocycles. The Balaban J connectivity index is 1.58. The Bertz CT molecular complexity index is 997. The molecule has 6 nitrogen and oxygen atoms in total. The van der Waals surface area contributed by atoms with Crippen molar-refractivity contribution >= 4 is 58.1 Å². The summed E-state index contributed by atoms with van der Waals surface area (Å²) in [6.45, 7) is 0. The Morgan fingerprint density at radius 2 is 2.04 bits per heavy atom. The van der Waals surface area contributed by atoms with Crippen molar-refractivity contribution in [3.8, 4) is 5.75 Å². The summed E-state index contributed by atoms with van der Waals surface area (Å²) in [5.74, 6) is 0.353. The van der Waals surface area contributed by atoms with Gasteiger partial charge in [-0.05, 0) is 29.8 Å². The number of aromatic nitrogens is 2. The number of para-hydroxylation sites is 2. The lowest BCUT2D eigenvalue weighted by molar-refractivity contribution is -0.118. The number of halogens is 2. The highest BCUT2D eigenvalue weighted by atomic mass is 35.5. The number of imidazole rings is 1. The van der Waals surface area contributed by atoms with E-state index in [0.29, 0.717) is 21.4 Å². The number of fused-ring (bicyclic) bond motifs is 1. The molecule has 0 radical (unpaired) electrons. The molecule has 9 heteroatoms. The molecule has 1 aromatic heterocycles. The molecule has 0 unspecified atom stereocenters. The molecule has 2 aromatic carbocycles. The average Bonchev–Trinajstić information content (AvgIpc) is 2.96. The maximum Gasteiger partial charge on any atom is 0.250 e. The summed E-state index contributed by atoms with van der Waals surface area (Å²) in [5.41, 5.74) is 5.04. The molecular weight excluding hydrogens is 407 g/mol. The van der Waals surface area contributed by atoms with Crippen LogP contribution in [0.15, 0.2) is 46.7 Å². The maximum absolute atomic E-state index is 12.0. The zero-order chi connectivity index (χ0) is 19.4. The molecule has 27 heavy (non-hydrogen) atoms. The molecule has 1 heterocycles. The topological polar surface area (TPSA) is 68.5 Å². The zero-order valence-corrected chi connectivity index (χ0v) is 16.9. The predicted molar refractivity (Wildman–Crippen MR) is 110 cm³/mol. The van der Waals surface area contributed by atoms with Crippen LogP contribution in [0.25, 0.3) is 11.0 Å². The van der Waals surface area contributed by atoms with Crippen LogP contribution in [-0.4, -0.2) is 34.5 Å². The number of carbonyl (C=O) groups excluding carboxylic acids is 1. The molecule has 1 amide bonds. The van der Waals surface area contributed by atoms with Crippen LogP contribution in [0.4, 0.5) is 0 Å². The quantitative estimate of drug-likeness (QED) is 0.368. The molecule has 0 atom stereocenters. The molecule has 140 valence electrons. The van der Waals surface area contributed by atoms with Gasteiger partial charge in [0, 0.05) is 7.05 Å². The van der Waals surface area contributed by atoms with Crippen LogP contribution < -0.4 is 10.2 Å². The third-order valence-corrected chi connectivity index (χ3v) is 5.30. The molecule has 0 saturated heterocycles. The molecule has 0 aliphatic carbocycles. The van der Waals surface area contributed by atoms with Crippen molar-refractivity contribution in [3.05, 3.63) is 52.0 Å². The molecule has 3 aromatic rings. The van der Waals surface area contributed by atoms with Crippen LogP contribution in [0, 0.1) is 0 Å². The van der Waals surface area contributed by atoms with Crippen LogP contribution in [0.2, 0.25) is 10.0 Å². The lowest BCUT2D eigenvalue weighted by Gasteiger charge is -2.06. The van der Waals surface area contributed by atoms with Crippen molar-refractivity contribution in [2.45, 2.75) is 5.16 Å². The smallest absolute Gasteiger partial charge is 0.250 e. The number of hydrogen-bond donors (Lipinski definition) is 1. The van der Waals surface area contributed by atoms with Crippen molar-refractivity contribution in [3.63, 3.8) is 0 Å². The predicted octanol–water partition coefficient (Wildman–Crippen LogP) is 4.13. The van der Waals surface area contributed by atoms with Crippen LogP contribution in [0.5, 0.6) is 5.75 Å². The second kappa shape index (κ2) is 8.65. The SMILES string of the molecule is COc1c(Cl)cc(/C=N\NC(=O)CSc2nc3ccccc3n2C)cc1Cl. The van der Waals surface area contributed by atoms with E-state index < -0.39 is 0 Å². The van der Waals surface area contributed by atoms with Crippen LogP contribution in [-0.2, 0) is 11.8 Å². The van der Waals surface area contributed by atoms with Gasteiger partial charge in [-0.3, -0.25) is 4.79 Å². The first-order valence-corrected chi connectivity index (χ1v) is 9.63. The van der Waals surface area contributed by atoms with Gasteiger partial charge in [-0.15, -0.1) is 0 Å². The number of thioether (sulfide) groups is 1. The van der Waals surface area contributed by atoms with Crippen molar-refractivity contribution in [1.29, 1.82) is 0 Å². The average molecular weight is 423 g/mol. The second-order valence-electron chi connectivity index (χ2n) is 5.54. The van der Waals surface area contributed by atoms with Gasteiger partial charge >= 0.3 is 0 Å². The summed E-state index contributed by atoms with van der Waals surface area (Å²) in [7, 11) is 3.41. The van der Waals surface area contributed by atoms with Gasteiger partial charge in [0.25, 0.3) is 5.91 Å². The molecule has 1 N–H and O–H groups in total. The maximum atomic E-state index is 12.0. The Hall–Kier alpha value is -2.22. The number of ether oxygens (including phenoxy) is 1. The fourth-order valence-corrected chi connectivity index (χ4v) is 3.88. The lowest BCUT2D eigenvalue weighted by Crippen LogP contribution is -2.19. The van der Waals surface area contributed by atoms with E-state index in [0.717, 1.165) is 16.2 Å². The van der Waals surface area contributed by atoms with Gasteiger partial charge < -0.3 is 9.30 Å². The Kier molecular flexibility index (Phi) is 6.26. The second-order valence-corrected chi connectivity index (χ2v) is 7.30. The fourth-order valence-electron chi connectivity index (χ4n) is 2.44. The number of aryl methyl sites for hydroxylation is 1. The first-order valence-electron chi connectivity index (χ1n) is 7.88. The summed E-state index contributed by atoms with van der Waals surface area (Å²) in [5, 5.41) is 5.44. The van der Waals surface area contributed by atoms with E-state index in [1.165, 1.54) is 25.1 Å². The molecule has 0 bridgehead atoms. The monoisotopic (exact) mass is 422 g/mol. The van der Waals surface area contributed by atoms with Crippen molar-refractivity contribution in [2.75, 3.05) is 12.9 Å². The Morgan fingerprint density at radius 3 is 2.70 bits per heavy atom. The van der Waals surface area contributed by atoms with Crippen molar-refractivity contribution in [2.24, 2.45) is 12.1 Å². The largest absolute Gasteiger partial charge is 0.494 e. The van der Waals surface area contributed by atoms with E-state index in [9.17, 15) is 4.79 Å². The third kappa shape index (κ3) is 4.55. The molecule has 3 rings (SSSR count). The number of rotatable bonds is 6. The van der Waals surface area contributed by atoms with Gasteiger partial charge in [-0.2, -0.15) is 5.10 Å². The third-order valence-electron chi connectivity index (χ3n) is 3.71. The van der Waals surface area contributed by atoms with Gasteiger partial charge in [0.15, 0.2) is 10.9 Å². The number of nitrogens with zero attached hydrogens (tertiary/aromatic N) is 3. The van der Waals surface area contributed by atoms with Crippen LogP contribution in [0.3, 0.4) is 0 Å². The van der Waals surface area contributed by atoms with E-state index >= 15 is 0 Å². The standard InChI is InChI=1S/C18H16Cl2N4O2S/c1-24-15-6-4-3-5-14(15)22-18(24)27-10-16(25)23-21-9-11-7-12(19)17(26-2)13(20)8-11/h3-9H,10H2,1-2H3,(H,23,25)/b21-9-. The molecule has 0 fully saturated rings. The van der Waals surface area contributed by atoms with Gasteiger partial charge in [0.2, 0.25) is 0 Å². The number of nitrogens with one attached hydrogen (secondary N) is 1. The van der Waals surface area contributed by atoms with Gasteiger partial charge in [0.05, 0.1) is 40.2 Å². The number of amides is 1. The minimum Gasteiger partial charge on any atom is -0.494 e. The number of methoxy groups -OCH3 is 1. The first kappa shape index (κ1) is 19.5. The minimum absolute atomic E-state index is 0.193. The van der Waals surface area contributed by atoms with Crippen molar-refractivity contribution in [1.82, 2.24) is 15.0 Å². The van der Waals surface area contributed by atoms with E-state index in [4.69, 9.17) is 27.9 Å². The number of hydrogen-bond acceptors (Lipinski definition) is 5. The van der Waals surface area contributed by atoms with Crippen LogP contribution in [0.1, 0.15) is 5.56 Å². The summed E-state index contributed by atoms with van der Waals surface area (Å²) < 4.78 is 7.05. The Morgan fingerprint density at radius 1 is 1.33 bits per heavy atom. The Labute approximate surface area is 170 Å². The first-order chi connectivity index (χ1) is 13.0. The van der Waals surface area contributed by atoms with E-state index in [2.05, 4.69) is 15.5 Å². The molecular formula is C18H16Cl2N4O2S. The van der Waals surface area contributed by atoms with E-state index in [1.807, 2.05) is 35.9 Å². The number of hydrazone groups is 1.